The molecule has 0 aliphatic heterocycles. The van der Waals surface area contributed by atoms with Crippen LogP contribution in [0.3, 0.4) is 0 Å². The van der Waals surface area contributed by atoms with Crippen LogP contribution in [0, 0.1) is 0 Å². The van der Waals surface area contributed by atoms with Crippen LogP contribution < -0.4 is 16.0 Å². The Morgan fingerprint density at radius 3 is 2.06 bits per heavy atom. The fourth-order valence-electron chi connectivity index (χ4n) is 3.01. The van der Waals surface area contributed by atoms with Gasteiger partial charge in [-0.25, -0.2) is 14.4 Å². The normalized spacial score (nSPS) is 12.2. The van der Waals surface area contributed by atoms with Gasteiger partial charge in [-0.1, -0.05) is 30.3 Å². The van der Waals surface area contributed by atoms with Gasteiger partial charge in [-0.15, -0.1) is 0 Å². The maximum atomic E-state index is 12.5. The molecule has 0 bridgehead atoms. The van der Waals surface area contributed by atoms with Crippen molar-refractivity contribution < 1.29 is 33.8 Å². The van der Waals surface area contributed by atoms with Crippen molar-refractivity contribution in [1.82, 2.24) is 20.9 Å². The lowest BCUT2D eigenvalue weighted by Gasteiger charge is -2.25. The van der Waals surface area contributed by atoms with Crippen LogP contribution in [0.2, 0.25) is 0 Å². The molecule has 0 aliphatic rings. The van der Waals surface area contributed by atoms with E-state index in [0.717, 1.165) is 10.5 Å². The average Bonchev–Trinajstić information content (AvgIpc) is 2.72. The van der Waals surface area contributed by atoms with E-state index in [4.69, 9.17) is 9.47 Å². The van der Waals surface area contributed by atoms with Gasteiger partial charge in [0.1, 0.15) is 17.7 Å². The summed E-state index contributed by atoms with van der Waals surface area (Å²) in [6.45, 7) is 10.6. The van der Waals surface area contributed by atoms with Gasteiger partial charge in [0.2, 0.25) is 5.91 Å². The monoisotopic (exact) mass is 508 g/mol. The molecule has 0 aromatic heterocycles. The molecular formula is C25H40N4O7. The van der Waals surface area contributed by atoms with Crippen LogP contribution in [0.15, 0.2) is 30.3 Å². The summed E-state index contributed by atoms with van der Waals surface area (Å²) >= 11 is 0. The second kappa shape index (κ2) is 14.2. The number of hydrogen-bond donors (Lipinski definition) is 4. The number of benzene rings is 1. The summed E-state index contributed by atoms with van der Waals surface area (Å²) in [5.74, 6) is -0.504. The standard InChI is InChI=1S/C25H40N4O7/c1-24(2,3)35-21(31)26-14-10-13-19(28-22(32)36-25(4,5)6)15-27-20(30)17-29(23(33)34)16-18-11-8-7-9-12-18/h7-9,11-12,19H,10,13-17H2,1-6H3,(H,26,31)(H,27,30)(H,28,32)(H,33,34)/t19-/m1/s1. The van der Waals surface area contributed by atoms with Gasteiger partial charge >= 0.3 is 18.3 Å². The summed E-state index contributed by atoms with van der Waals surface area (Å²) in [6.07, 6.45) is -1.49. The third kappa shape index (κ3) is 14.7. The van der Waals surface area contributed by atoms with Gasteiger partial charge in [0.25, 0.3) is 0 Å². The number of alkyl carbamates (subject to hydrolysis) is 2. The number of ether oxygens (including phenoxy) is 2. The maximum Gasteiger partial charge on any atom is 0.408 e. The molecule has 1 rings (SSSR count). The Labute approximate surface area is 212 Å². The van der Waals surface area contributed by atoms with Gasteiger partial charge in [-0.3, -0.25) is 9.69 Å². The van der Waals surface area contributed by atoms with Gasteiger partial charge in [-0.2, -0.15) is 0 Å². The Kier molecular flexibility index (Phi) is 12.0. The van der Waals surface area contributed by atoms with Gasteiger partial charge in [-0.05, 0) is 59.9 Å². The number of nitrogens with zero attached hydrogens (tertiary/aromatic N) is 1. The van der Waals surface area contributed by atoms with Crippen molar-refractivity contribution in [1.29, 1.82) is 0 Å². The van der Waals surface area contributed by atoms with Gasteiger partial charge in [0, 0.05) is 25.7 Å². The predicted molar refractivity (Wildman–Crippen MR) is 135 cm³/mol. The summed E-state index contributed by atoms with van der Waals surface area (Å²) in [6, 6.07) is 8.46. The first-order chi connectivity index (χ1) is 16.6. The van der Waals surface area contributed by atoms with E-state index in [1.807, 2.05) is 6.07 Å². The van der Waals surface area contributed by atoms with E-state index in [1.54, 1.807) is 65.8 Å². The largest absolute Gasteiger partial charge is 0.465 e. The molecule has 11 nitrogen and oxygen atoms in total. The molecule has 1 atom stereocenters. The predicted octanol–water partition coefficient (Wildman–Crippen LogP) is 3.48. The minimum atomic E-state index is -1.22. The van der Waals surface area contributed by atoms with Crippen LogP contribution in [0.5, 0.6) is 0 Å². The van der Waals surface area contributed by atoms with Crippen LogP contribution in [0.4, 0.5) is 14.4 Å². The molecule has 36 heavy (non-hydrogen) atoms. The molecular weight excluding hydrogens is 468 g/mol. The van der Waals surface area contributed by atoms with Crippen LogP contribution in [-0.2, 0) is 20.8 Å². The molecule has 1 aromatic rings. The van der Waals surface area contributed by atoms with E-state index in [-0.39, 0.29) is 19.6 Å². The summed E-state index contributed by atoms with van der Waals surface area (Å²) in [4.78, 5) is 49.2. The highest BCUT2D eigenvalue weighted by molar-refractivity contribution is 5.81. The summed E-state index contributed by atoms with van der Waals surface area (Å²) in [5.41, 5.74) is -0.551. The smallest absolute Gasteiger partial charge is 0.408 e. The number of rotatable bonds is 11. The second-order valence-corrected chi connectivity index (χ2v) is 10.3. The Balaban J connectivity index is 2.64. The first-order valence-electron chi connectivity index (χ1n) is 11.9. The van der Waals surface area contributed by atoms with Gasteiger partial charge in [0.05, 0.1) is 0 Å². The molecule has 11 heteroatoms. The van der Waals surface area contributed by atoms with Crippen molar-refractivity contribution in [3.63, 3.8) is 0 Å². The number of amides is 4. The zero-order valence-corrected chi connectivity index (χ0v) is 22.1. The molecule has 0 aliphatic carbocycles. The van der Waals surface area contributed by atoms with Crippen LogP contribution in [-0.4, -0.2) is 71.1 Å². The zero-order chi connectivity index (χ0) is 27.4. The molecule has 0 radical (unpaired) electrons. The Morgan fingerprint density at radius 1 is 0.917 bits per heavy atom. The number of carbonyl (C=O) groups excluding carboxylic acids is 3. The Bertz CT molecular complexity index is 863. The molecule has 0 fully saturated rings. The van der Waals surface area contributed by atoms with Gasteiger partial charge < -0.3 is 30.5 Å². The SMILES string of the molecule is CC(C)(C)OC(=O)NCCC[C@H](CNC(=O)CN(Cc1ccccc1)C(=O)O)NC(=O)OC(C)(C)C. The lowest BCUT2D eigenvalue weighted by Crippen LogP contribution is -2.48. The molecule has 202 valence electrons. The third-order valence-corrected chi connectivity index (χ3v) is 4.49. The average molecular weight is 509 g/mol. The Hall–Kier alpha value is -3.50. The summed E-state index contributed by atoms with van der Waals surface area (Å²) < 4.78 is 10.5. The molecule has 0 unspecified atom stereocenters. The van der Waals surface area contributed by atoms with Crippen molar-refractivity contribution in [2.24, 2.45) is 0 Å². The van der Waals surface area contributed by atoms with E-state index in [1.165, 1.54) is 0 Å². The third-order valence-electron chi connectivity index (χ3n) is 4.49. The highest BCUT2D eigenvalue weighted by Crippen LogP contribution is 2.09. The first-order valence-corrected chi connectivity index (χ1v) is 11.9. The van der Waals surface area contributed by atoms with E-state index in [2.05, 4.69) is 16.0 Å². The molecule has 4 amide bonds. The maximum absolute atomic E-state index is 12.5. The van der Waals surface area contributed by atoms with E-state index in [9.17, 15) is 24.3 Å². The zero-order valence-electron chi connectivity index (χ0n) is 22.1. The highest BCUT2D eigenvalue weighted by Gasteiger charge is 2.22. The molecule has 0 heterocycles. The van der Waals surface area contributed by atoms with Gasteiger partial charge in [0.15, 0.2) is 0 Å². The summed E-state index contributed by atoms with van der Waals surface area (Å²) in [5, 5.41) is 17.5. The molecule has 4 N–H and O–H groups in total. The van der Waals surface area contributed by atoms with E-state index >= 15 is 0 Å². The van der Waals surface area contributed by atoms with Crippen LogP contribution in [0.25, 0.3) is 0 Å². The van der Waals surface area contributed by atoms with Crippen molar-refractivity contribution >= 4 is 24.2 Å². The van der Waals surface area contributed by atoms with Crippen molar-refractivity contribution in [2.75, 3.05) is 19.6 Å². The fraction of sp³-hybridized carbons (Fsp3) is 0.600. The van der Waals surface area contributed by atoms with Crippen LogP contribution in [0.1, 0.15) is 59.9 Å². The highest BCUT2D eigenvalue weighted by atomic mass is 16.6. The van der Waals surface area contributed by atoms with Crippen molar-refractivity contribution in [2.45, 2.75) is 78.2 Å². The number of hydrogen-bond acceptors (Lipinski definition) is 6. The van der Waals surface area contributed by atoms with Crippen LogP contribution >= 0.6 is 0 Å². The topological polar surface area (TPSA) is 146 Å². The minimum absolute atomic E-state index is 0.0588. The van der Waals surface area contributed by atoms with E-state index in [0.29, 0.717) is 19.4 Å². The van der Waals surface area contributed by atoms with Crippen molar-refractivity contribution in [3.8, 4) is 0 Å². The van der Waals surface area contributed by atoms with E-state index < -0.39 is 41.4 Å². The number of nitrogens with one attached hydrogen (secondary N) is 3. The van der Waals surface area contributed by atoms with Crippen molar-refractivity contribution in [3.05, 3.63) is 35.9 Å². The molecule has 0 saturated heterocycles. The fourth-order valence-corrected chi connectivity index (χ4v) is 3.01. The lowest BCUT2D eigenvalue weighted by atomic mass is 10.1. The molecule has 1 aromatic carbocycles. The lowest BCUT2D eigenvalue weighted by molar-refractivity contribution is -0.122. The number of carboxylic acid groups (broad SMARTS) is 1. The quantitative estimate of drug-likeness (QED) is 0.335. The molecule has 0 saturated carbocycles. The number of carbonyl (C=O) groups is 4. The first kappa shape index (κ1) is 30.5. The second-order valence-electron chi connectivity index (χ2n) is 10.3. The minimum Gasteiger partial charge on any atom is -0.465 e. The molecule has 0 spiro atoms. The Morgan fingerprint density at radius 2 is 1.50 bits per heavy atom. The summed E-state index contributed by atoms with van der Waals surface area (Å²) in [7, 11) is 0.